The Morgan fingerprint density at radius 1 is 1.70 bits per heavy atom. The maximum Gasteiger partial charge on any atom is 0.303 e. The van der Waals surface area contributed by atoms with Crippen molar-refractivity contribution in [2.24, 2.45) is 5.73 Å². The van der Waals surface area contributed by atoms with Crippen molar-refractivity contribution in [3.05, 3.63) is 0 Å². The summed E-state index contributed by atoms with van der Waals surface area (Å²) in [6.07, 6.45) is -0.279. The maximum atomic E-state index is 9.99. The summed E-state index contributed by atoms with van der Waals surface area (Å²) in [6, 6.07) is -0.420. The van der Waals surface area contributed by atoms with Crippen LogP contribution in [0.25, 0.3) is 0 Å². The topological polar surface area (TPSA) is 83.5 Å². The Morgan fingerprint density at radius 2 is 2.20 bits per heavy atom. The van der Waals surface area contributed by atoms with Crippen LogP contribution in [0.4, 0.5) is 0 Å². The zero-order valence-corrected chi connectivity index (χ0v) is 5.95. The van der Waals surface area contributed by atoms with Crippen LogP contribution in [0.2, 0.25) is 0 Å². The Labute approximate surface area is 59.7 Å². The molecule has 4 N–H and O–H groups in total. The van der Waals surface area contributed by atoms with E-state index in [2.05, 4.69) is 0 Å². The largest absolute Gasteiger partial charge is 0.481 e. The number of carboxylic acids is 1. The van der Waals surface area contributed by atoms with Gasteiger partial charge in [-0.15, -0.1) is 0 Å². The molecule has 0 aliphatic rings. The highest BCUT2D eigenvalue weighted by atomic mass is 16.4. The van der Waals surface area contributed by atoms with Crippen LogP contribution < -0.4 is 5.73 Å². The molecule has 0 aromatic rings. The van der Waals surface area contributed by atoms with Crippen LogP contribution >= 0.6 is 0 Å². The van der Waals surface area contributed by atoms with Crippen molar-refractivity contribution in [1.29, 1.82) is 0 Å². The first-order valence-corrected chi connectivity index (χ1v) is 3.19. The first-order chi connectivity index (χ1) is 4.54. The summed E-state index contributed by atoms with van der Waals surface area (Å²) in [5.74, 6) is -0.879. The number of aliphatic carboxylic acids is 1. The Balaban J connectivity index is 3.39. The minimum Gasteiger partial charge on any atom is -0.481 e. The van der Waals surface area contributed by atoms with Crippen LogP contribution in [0.5, 0.6) is 0 Å². The molecule has 0 spiro atoms. The number of hydrogen-bond donors (Lipinski definition) is 3. The van der Waals surface area contributed by atoms with Gasteiger partial charge in [-0.2, -0.15) is 0 Å². The first-order valence-electron chi connectivity index (χ1n) is 3.19. The standard InChI is InChI=1S/C6H13NO3/c1-4(8)5(7)2-3-6(9)10/h4-5,8H,2-3,7H2,1H3,(H,9,10)/t4?,5-/m1/s1. The predicted octanol–water partition coefficient (Wildman–Crippen LogP) is -0.441. The van der Waals surface area contributed by atoms with E-state index in [0.29, 0.717) is 6.42 Å². The molecule has 0 aliphatic heterocycles. The number of carbonyl (C=O) groups is 1. The lowest BCUT2D eigenvalue weighted by Gasteiger charge is -2.12. The molecule has 0 saturated carbocycles. The number of nitrogens with two attached hydrogens (primary N) is 1. The Kier molecular flexibility index (Phi) is 3.99. The molecule has 0 aliphatic carbocycles. The molecule has 0 amide bonds. The van der Waals surface area contributed by atoms with Crippen LogP contribution in [0.1, 0.15) is 19.8 Å². The van der Waals surface area contributed by atoms with Gasteiger partial charge < -0.3 is 15.9 Å². The van der Waals surface area contributed by atoms with Crippen molar-refractivity contribution in [2.75, 3.05) is 0 Å². The highest BCUT2D eigenvalue weighted by Gasteiger charge is 2.10. The Hall–Kier alpha value is -0.610. The third-order valence-electron chi connectivity index (χ3n) is 1.31. The molecule has 0 rings (SSSR count). The van der Waals surface area contributed by atoms with Gasteiger partial charge in [0.1, 0.15) is 0 Å². The highest BCUT2D eigenvalue weighted by Crippen LogP contribution is 1.98. The van der Waals surface area contributed by atoms with Crippen molar-refractivity contribution in [1.82, 2.24) is 0 Å². The number of aliphatic hydroxyl groups excluding tert-OH is 1. The molecule has 4 nitrogen and oxygen atoms in total. The molecule has 10 heavy (non-hydrogen) atoms. The number of carboxylic acid groups (broad SMARTS) is 1. The van der Waals surface area contributed by atoms with E-state index in [9.17, 15) is 4.79 Å². The van der Waals surface area contributed by atoms with E-state index in [4.69, 9.17) is 15.9 Å². The van der Waals surface area contributed by atoms with Gasteiger partial charge in [0.15, 0.2) is 0 Å². The van der Waals surface area contributed by atoms with Gasteiger partial charge in [-0.05, 0) is 13.3 Å². The van der Waals surface area contributed by atoms with Crippen LogP contribution in [-0.2, 0) is 4.79 Å². The van der Waals surface area contributed by atoms with E-state index in [1.807, 2.05) is 0 Å². The Morgan fingerprint density at radius 3 is 2.50 bits per heavy atom. The molecule has 0 aromatic carbocycles. The molecule has 0 aromatic heterocycles. The fourth-order valence-electron chi connectivity index (χ4n) is 0.531. The zero-order valence-electron chi connectivity index (χ0n) is 5.95. The van der Waals surface area contributed by atoms with Crippen LogP contribution in [0.15, 0.2) is 0 Å². The minimum atomic E-state index is -0.879. The predicted molar refractivity (Wildman–Crippen MR) is 36.5 cm³/mol. The van der Waals surface area contributed by atoms with Gasteiger partial charge >= 0.3 is 5.97 Å². The summed E-state index contributed by atoms with van der Waals surface area (Å²) in [4.78, 5) is 9.99. The molecule has 0 bridgehead atoms. The Bertz CT molecular complexity index is 114. The second kappa shape index (κ2) is 4.24. The average molecular weight is 147 g/mol. The fourth-order valence-corrected chi connectivity index (χ4v) is 0.531. The van der Waals surface area contributed by atoms with Crippen molar-refractivity contribution in [2.45, 2.75) is 31.9 Å². The smallest absolute Gasteiger partial charge is 0.303 e. The van der Waals surface area contributed by atoms with Gasteiger partial charge in [-0.3, -0.25) is 4.79 Å². The second-order valence-electron chi connectivity index (χ2n) is 2.34. The minimum absolute atomic E-state index is 0.0199. The van der Waals surface area contributed by atoms with Gasteiger partial charge in [0.2, 0.25) is 0 Å². The molecule has 0 heterocycles. The van der Waals surface area contributed by atoms with Crippen molar-refractivity contribution in [3.63, 3.8) is 0 Å². The SMILES string of the molecule is CC(O)[C@H](N)CCC(=O)O. The van der Waals surface area contributed by atoms with E-state index >= 15 is 0 Å². The normalized spacial score (nSPS) is 16.3. The van der Waals surface area contributed by atoms with Crippen molar-refractivity contribution in [3.8, 4) is 0 Å². The fraction of sp³-hybridized carbons (Fsp3) is 0.833. The lowest BCUT2D eigenvalue weighted by atomic mass is 10.1. The van der Waals surface area contributed by atoms with Gasteiger partial charge in [0.05, 0.1) is 6.10 Å². The van der Waals surface area contributed by atoms with Crippen LogP contribution in [0.3, 0.4) is 0 Å². The highest BCUT2D eigenvalue weighted by molar-refractivity contribution is 5.66. The number of hydrogen-bond acceptors (Lipinski definition) is 3. The zero-order chi connectivity index (χ0) is 8.15. The molecule has 4 heteroatoms. The second-order valence-corrected chi connectivity index (χ2v) is 2.34. The third kappa shape index (κ3) is 4.29. The summed E-state index contributed by atoms with van der Waals surface area (Å²) >= 11 is 0. The van der Waals surface area contributed by atoms with Crippen LogP contribution in [-0.4, -0.2) is 28.3 Å². The average Bonchev–Trinajstić information content (AvgIpc) is 1.82. The summed E-state index contributed by atoms with van der Waals surface area (Å²) in [5, 5.41) is 17.0. The van der Waals surface area contributed by atoms with Gasteiger partial charge in [-0.1, -0.05) is 0 Å². The van der Waals surface area contributed by atoms with Crippen molar-refractivity contribution < 1.29 is 15.0 Å². The lowest BCUT2D eigenvalue weighted by Crippen LogP contribution is -2.32. The number of aliphatic hydroxyl groups is 1. The lowest BCUT2D eigenvalue weighted by molar-refractivity contribution is -0.137. The molecule has 1 unspecified atom stereocenters. The van der Waals surface area contributed by atoms with Gasteiger partial charge in [0.25, 0.3) is 0 Å². The molecule has 0 saturated heterocycles. The summed E-state index contributed by atoms with van der Waals surface area (Å²) in [7, 11) is 0. The molecular formula is C6H13NO3. The van der Waals surface area contributed by atoms with E-state index in [1.165, 1.54) is 0 Å². The third-order valence-corrected chi connectivity index (χ3v) is 1.31. The quantitative estimate of drug-likeness (QED) is 0.503. The van der Waals surface area contributed by atoms with E-state index < -0.39 is 18.1 Å². The molecule has 60 valence electrons. The van der Waals surface area contributed by atoms with E-state index in [0.717, 1.165) is 0 Å². The van der Waals surface area contributed by atoms with Crippen molar-refractivity contribution >= 4 is 5.97 Å². The monoisotopic (exact) mass is 147 g/mol. The van der Waals surface area contributed by atoms with Gasteiger partial charge in [-0.25, -0.2) is 0 Å². The molecule has 0 fully saturated rings. The van der Waals surface area contributed by atoms with Gasteiger partial charge in [0, 0.05) is 12.5 Å². The van der Waals surface area contributed by atoms with E-state index in [-0.39, 0.29) is 6.42 Å². The number of rotatable bonds is 4. The molecule has 0 radical (unpaired) electrons. The summed E-state index contributed by atoms with van der Waals surface area (Å²) in [5.41, 5.74) is 5.35. The molecular weight excluding hydrogens is 134 g/mol. The summed E-state index contributed by atoms with van der Waals surface area (Å²) < 4.78 is 0. The molecule has 2 atom stereocenters. The van der Waals surface area contributed by atoms with E-state index in [1.54, 1.807) is 6.92 Å². The maximum absolute atomic E-state index is 9.99. The van der Waals surface area contributed by atoms with Crippen LogP contribution in [0, 0.1) is 0 Å². The summed E-state index contributed by atoms with van der Waals surface area (Å²) in [6.45, 7) is 1.55. The first kappa shape index (κ1) is 9.39.